The van der Waals surface area contributed by atoms with Crippen molar-refractivity contribution in [2.24, 2.45) is 0 Å². The second-order valence-corrected chi connectivity index (χ2v) is 7.69. The second kappa shape index (κ2) is 8.18. The molecule has 9 nitrogen and oxygen atoms in total. The van der Waals surface area contributed by atoms with Gasteiger partial charge in [0.25, 0.3) is 0 Å². The Labute approximate surface area is 183 Å². The number of hydrogen-bond donors (Lipinski definition) is 2. The largest absolute Gasteiger partial charge is 0.362 e. The first-order valence-electron chi connectivity index (χ1n) is 10.5. The zero-order valence-corrected chi connectivity index (χ0v) is 17.8. The molecule has 0 unspecified atom stereocenters. The summed E-state index contributed by atoms with van der Waals surface area (Å²) in [7, 11) is 0. The third-order valence-corrected chi connectivity index (χ3v) is 5.50. The number of aromatic amines is 2. The van der Waals surface area contributed by atoms with E-state index >= 15 is 0 Å². The van der Waals surface area contributed by atoms with E-state index in [-0.39, 0.29) is 5.69 Å². The Hall–Kier alpha value is -4.14. The van der Waals surface area contributed by atoms with Gasteiger partial charge in [-0.2, -0.15) is 4.98 Å². The predicted octanol–water partition coefficient (Wildman–Crippen LogP) is 3.12. The van der Waals surface area contributed by atoms with Crippen LogP contribution >= 0.6 is 0 Å². The Morgan fingerprint density at radius 1 is 1.03 bits per heavy atom. The number of nitrogens with one attached hydrogen (secondary N) is 2. The Bertz CT molecular complexity index is 1430. The van der Waals surface area contributed by atoms with Crippen molar-refractivity contribution >= 4 is 5.65 Å². The molecular weight excluding hydrogens is 404 g/mol. The van der Waals surface area contributed by atoms with Crippen molar-refractivity contribution in [1.82, 2.24) is 40.2 Å². The monoisotopic (exact) mass is 426 g/mol. The highest BCUT2D eigenvalue weighted by atomic mass is 16.1. The maximum atomic E-state index is 12.0. The molecule has 5 rings (SSSR count). The minimum Gasteiger partial charge on any atom is -0.244 e. The van der Waals surface area contributed by atoms with Gasteiger partial charge < -0.3 is 0 Å². The number of hydrogen-bond acceptors (Lipinski definition) is 6. The van der Waals surface area contributed by atoms with Crippen molar-refractivity contribution < 1.29 is 0 Å². The Morgan fingerprint density at radius 3 is 2.62 bits per heavy atom. The summed E-state index contributed by atoms with van der Waals surface area (Å²) >= 11 is 0. The lowest BCUT2D eigenvalue weighted by Crippen LogP contribution is -2.09. The van der Waals surface area contributed by atoms with Crippen molar-refractivity contribution in [1.29, 1.82) is 0 Å². The van der Waals surface area contributed by atoms with Crippen LogP contribution < -0.4 is 5.69 Å². The molecule has 2 N–H and O–H groups in total. The molecule has 2 aromatic carbocycles. The standard InChI is InChI=1S/C23H22N8O/c1-3-7-20-19(22-25-23(32)28-31(22)14(2)24-20)13-15-10-11-17(16-8-5-4-6-9-16)18(12-15)21-26-29-30-27-21/h4-6,8-12H,3,7,13H2,1-2H3,(H,28,32)(H,26,27,29,30). The van der Waals surface area contributed by atoms with Gasteiger partial charge in [-0.15, -0.1) is 5.10 Å². The Morgan fingerprint density at radius 2 is 1.88 bits per heavy atom. The summed E-state index contributed by atoms with van der Waals surface area (Å²) in [4.78, 5) is 21.0. The van der Waals surface area contributed by atoms with Gasteiger partial charge in [0, 0.05) is 23.2 Å². The van der Waals surface area contributed by atoms with Crippen molar-refractivity contribution in [2.45, 2.75) is 33.1 Å². The first kappa shape index (κ1) is 19.8. The quantitative estimate of drug-likeness (QED) is 0.431. The maximum Gasteiger partial charge on any atom is 0.362 e. The van der Waals surface area contributed by atoms with Crippen LogP contribution in [0, 0.1) is 6.92 Å². The molecule has 9 heteroatoms. The Balaban J connectivity index is 1.65. The molecule has 0 saturated heterocycles. The number of aromatic nitrogens is 8. The lowest BCUT2D eigenvalue weighted by atomic mass is 9.94. The van der Waals surface area contributed by atoms with Gasteiger partial charge in [-0.25, -0.2) is 24.5 Å². The smallest absolute Gasteiger partial charge is 0.244 e. The second-order valence-electron chi connectivity index (χ2n) is 7.69. The minimum absolute atomic E-state index is 0.377. The molecule has 3 heterocycles. The molecule has 0 aliphatic carbocycles. The van der Waals surface area contributed by atoms with Gasteiger partial charge in [0.1, 0.15) is 5.82 Å². The SMILES string of the molecule is CCCc1nc(C)n2[nH]c(=O)nc2c1Cc1ccc(-c2ccccc2)c(-c2nnn[nH]2)c1. The zero-order valence-electron chi connectivity index (χ0n) is 17.8. The van der Waals surface area contributed by atoms with Crippen LogP contribution in [0.3, 0.4) is 0 Å². The molecule has 0 radical (unpaired) electrons. The molecule has 5 aromatic rings. The third kappa shape index (κ3) is 3.58. The number of nitrogens with zero attached hydrogens (tertiary/aromatic N) is 6. The van der Waals surface area contributed by atoms with Gasteiger partial charge in [0.15, 0.2) is 11.5 Å². The van der Waals surface area contributed by atoms with Gasteiger partial charge >= 0.3 is 5.69 Å². The van der Waals surface area contributed by atoms with E-state index in [1.165, 1.54) is 0 Å². The summed E-state index contributed by atoms with van der Waals surface area (Å²) in [6.07, 6.45) is 2.35. The number of benzene rings is 2. The van der Waals surface area contributed by atoms with E-state index in [2.05, 4.69) is 68.0 Å². The number of rotatable bonds is 6. The van der Waals surface area contributed by atoms with Crippen LogP contribution in [0.2, 0.25) is 0 Å². The summed E-state index contributed by atoms with van der Waals surface area (Å²) in [6, 6.07) is 16.4. The van der Waals surface area contributed by atoms with Gasteiger partial charge in [-0.3, -0.25) is 0 Å². The molecule has 0 fully saturated rings. The summed E-state index contributed by atoms with van der Waals surface area (Å²) in [6.45, 7) is 3.99. The highest BCUT2D eigenvalue weighted by Crippen LogP contribution is 2.32. The van der Waals surface area contributed by atoms with E-state index in [1.54, 1.807) is 4.52 Å². The lowest BCUT2D eigenvalue weighted by Gasteiger charge is -2.14. The molecule has 0 amide bonds. The van der Waals surface area contributed by atoms with E-state index in [0.717, 1.165) is 52.2 Å². The molecule has 0 saturated carbocycles. The summed E-state index contributed by atoms with van der Waals surface area (Å²) < 4.78 is 1.66. The fourth-order valence-corrected chi connectivity index (χ4v) is 4.07. The van der Waals surface area contributed by atoms with Crippen LogP contribution in [0.5, 0.6) is 0 Å². The maximum absolute atomic E-state index is 12.0. The number of H-pyrrole nitrogens is 2. The van der Waals surface area contributed by atoms with Crippen molar-refractivity contribution in [3.63, 3.8) is 0 Å². The molecule has 0 atom stereocenters. The van der Waals surface area contributed by atoms with Crippen LogP contribution in [-0.4, -0.2) is 40.2 Å². The van der Waals surface area contributed by atoms with Crippen molar-refractivity contribution in [2.75, 3.05) is 0 Å². The van der Waals surface area contributed by atoms with E-state index in [9.17, 15) is 4.79 Å². The van der Waals surface area contributed by atoms with Crippen LogP contribution in [-0.2, 0) is 12.8 Å². The summed E-state index contributed by atoms with van der Waals surface area (Å²) in [5.74, 6) is 1.32. The van der Waals surface area contributed by atoms with E-state index < -0.39 is 0 Å². The van der Waals surface area contributed by atoms with Crippen molar-refractivity contribution in [3.8, 4) is 22.5 Å². The van der Waals surface area contributed by atoms with Crippen LogP contribution in [0.25, 0.3) is 28.2 Å². The molecule has 32 heavy (non-hydrogen) atoms. The van der Waals surface area contributed by atoms with Crippen LogP contribution in [0.1, 0.15) is 36.0 Å². The number of tetrazole rings is 1. The first-order valence-corrected chi connectivity index (χ1v) is 10.5. The van der Waals surface area contributed by atoms with Gasteiger partial charge in [0.2, 0.25) is 0 Å². The van der Waals surface area contributed by atoms with E-state index in [0.29, 0.717) is 17.9 Å². The van der Waals surface area contributed by atoms with Gasteiger partial charge in [-0.1, -0.05) is 55.8 Å². The van der Waals surface area contributed by atoms with E-state index in [4.69, 9.17) is 4.98 Å². The topological polar surface area (TPSA) is 118 Å². The molecule has 0 aliphatic rings. The van der Waals surface area contributed by atoms with E-state index in [1.807, 2.05) is 25.1 Å². The van der Waals surface area contributed by atoms with Crippen molar-refractivity contribution in [3.05, 3.63) is 81.7 Å². The summed E-state index contributed by atoms with van der Waals surface area (Å²) in [5, 5.41) is 17.3. The highest BCUT2D eigenvalue weighted by Gasteiger charge is 2.17. The predicted molar refractivity (Wildman–Crippen MR) is 120 cm³/mol. The number of aryl methyl sites for hydroxylation is 2. The zero-order chi connectivity index (χ0) is 22.1. The highest BCUT2D eigenvalue weighted by molar-refractivity contribution is 5.81. The molecule has 0 spiro atoms. The number of fused-ring (bicyclic) bond motifs is 1. The minimum atomic E-state index is -0.377. The first-order chi connectivity index (χ1) is 15.6. The molecule has 3 aromatic heterocycles. The Kier molecular flexibility index (Phi) is 5.06. The van der Waals surface area contributed by atoms with Crippen LogP contribution in [0.15, 0.2) is 53.3 Å². The third-order valence-electron chi connectivity index (χ3n) is 5.50. The normalized spacial score (nSPS) is 11.3. The molecular formula is C23H22N8O. The van der Waals surface area contributed by atoms with Crippen LogP contribution in [0.4, 0.5) is 0 Å². The average molecular weight is 426 g/mol. The molecule has 0 bridgehead atoms. The molecule has 0 aliphatic heterocycles. The summed E-state index contributed by atoms with van der Waals surface area (Å²) in [5.41, 5.74) is 6.23. The lowest BCUT2D eigenvalue weighted by molar-refractivity contribution is 0.787. The van der Waals surface area contributed by atoms with Gasteiger partial charge in [-0.05, 0) is 46.5 Å². The average Bonchev–Trinajstić information content (AvgIpc) is 3.47. The molecule has 160 valence electrons. The fourth-order valence-electron chi connectivity index (χ4n) is 4.07. The fraction of sp³-hybridized carbons (Fsp3) is 0.217. The van der Waals surface area contributed by atoms with Gasteiger partial charge in [0.05, 0.1) is 0 Å².